The molecule has 1 amide bonds. The zero-order valence-corrected chi connectivity index (χ0v) is 23.8. The minimum Gasteiger partial charge on any atom is -0.496 e. The first-order valence-corrected chi connectivity index (χ1v) is 14.7. The van der Waals surface area contributed by atoms with Crippen LogP contribution in [0.25, 0.3) is 22.0 Å². The Balaban J connectivity index is 1.32. The van der Waals surface area contributed by atoms with Crippen molar-refractivity contribution in [1.82, 2.24) is 20.2 Å². The fourth-order valence-electron chi connectivity index (χ4n) is 6.48. The third kappa shape index (κ3) is 6.03. The van der Waals surface area contributed by atoms with Gasteiger partial charge in [-0.15, -0.1) is 0 Å². The maximum absolute atomic E-state index is 13.8. The molecule has 0 radical (unpaired) electrons. The first-order valence-electron chi connectivity index (χ1n) is 14.7. The predicted molar refractivity (Wildman–Crippen MR) is 158 cm³/mol. The van der Waals surface area contributed by atoms with Crippen LogP contribution in [0.4, 0.5) is 5.82 Å². The molecule has 1 aliphatic carbocycles. The van der Waals surface area contributed by atoms with Crippen LogP contribution in [0.3, 0.4) is 0 Å². The summed E-state index contributed by atoms with van der Waals surface area (Å²) in [5.74, 6) is 2.95. The number of rotatable bonds is 10. The molecular weight excluding hydrogens is 486 g/mol. The minimum absolute atomic E-state index is 0.210. The summed E-state index contributed by atoms with van der Waals surface area (Å²) >= 11 is 0. The van der Waals surface area contributed by atoms with E-state index < -0.39 is 0 Å². The molecule has 1 saturated carbocycles. The van der Waals surface area contributed by atoms with E-state index in [1.807, 2.05) is 24.3 Å². The van der Waals surface area contributed by atoms with Crippen molar-refractivity contribution >= 4 is 22.6 Å². The molecular formula is C32H43N5O2. The van der Waals surface area contributed by atoms with Gasteiger partial charge >= 0.3 is 0 Å². The van der Waals surface area contributed by atoms with Crippen molar-refractivity contribution in [3.63, 3.8) is 0 Å². The Morgan fingerprint density at radius 3 is 2.74 bits per heavy atom. The van der Waals surface area contributed by atoms with E-state index in [-0.39, 0.29) is 11.9 Å². The van der Waals surface area contributed by atoms with Gasteiger partial charge in [0.25, 0.3) is 0 Å². The summed E-state index contributed by atoms with van der Waals surface area (Å²) < 4.78 is 5.59. The van der Waals surface area contributed by atoms with E-state index >= 15 is 0 Å². The third-order valence-electron chi connectivity index (χ3n) is 8.42. The van der Waals surface area contributed by atoms with Gasteiger partial charge in [-0.05, 0) is 74.2 Å². The van der Waals surface area contributed by atoms with Gasteiger partial charge < -0.3 is 20.3 Å². The normalized spacial score (nSPS) is 23.5. The highest BCUT2D eigenvalue weighted by Crippen LogP contribution is 2.36. The Morgan fingerprint density at radius 1 is 1.10 bits per heavy atom. The molecule has 1 saturated heterocycles. The molecule has 1 aromatic heterocycles. The molecule has 4 atom stereocenters. The minimum atomic E-state index is -0.267. The van der Waals surface area contributed by atoms with Crippen LogP contribution in [0.5, 0.6) is 5.75 Å². The van der Waals surface area contributed by atoms with E-state index in [0.29, 0.717) is 29.7 Å². The van der Waals surface area contributed by atoms with Crippen LogP contribution >= 0.6 is 0 Å². The van der Waals surface area contributed by atoms with Crippen molar-refractivity contribution in [2.24, 2.45) is 11.8 Å². The van der Waals surface area contributed by atoms with Crippen LogP contribution < -0.4 is 15.4 Å². The van der Waals surface area contributed by atoms with Crippen LogP contribution in [-0.2, 0) is 4.79 Å². The summed E-state index contributed by atoms with van der Waals surface area (Å²) in [6.45, 7) is 8.66. The summed E-state index contributed by atoms with van der Waals surface area (Å²) in [5.41, 5.74) is 2.89. The average Bonchev–Trinajstić information content (AvgIpc) is 3.31. The van der Waals surface area contributed by atoms with Gasteiger partial charge in [0.15, 0.2) is 0 Å². The van der Waals surface area contributed by atoms with Gasteiger partial charge in [0.1, 0.15) is 23.9 Å². The number of carbonyl (C=O) groups excluding carboxylic acids is 1. The van der Waals surface area contributed by atoms with Crippen LogP contribution in [-0.4, -0.2) is 59.1 Å². The maximum Gasteiger partial charge on any atom is 0.245 e. The van der Waals surface area contributed by atoms with Gasteiger partial charge in [-0.2, -0.15) is 0 Å². The molecule has 2 aliphatic rings. The highest BCUT2D eigenvalue weighted by atomic mass is 16.5. The number of methoxy groups -OCH3 is 1. The number of fused-ring (bicyclic) bond motifs is 1. The van der Waals surface area contributed by atoms with Gasteiger partial charge in [0.05, 0.1) is 12.6 Å². The van der Waals surface area contributed by atoms with E-state index in [9.17, 15) is 4.79 Å². The molecule has 39 heavy (non-hydrogen) atoms. The number of aromatic nitrogens is 2. The first kappa shape index (κ1) is 27.4. The van der Waals surface area contributed by atoms with Crippen LogP contribution in [0.2, 0.25) is 0 Å². The number of benzene rings is 2. The van der Waals surface area contributed by atoms with E-state index in [0.717, 1.165) is 73.0 Å². The van der Waals surface area contributed by atoms with E-state index in [1.165, 1.54) is 6.42 Å². The van der Waals surface area contributed by atoms with E-state index in [1.54, 1.807) is 13.4 Å². The van der Waals surface area contributed by atoms with Crippen molar-refractivity contribution in [3.05, 3.63) is 48.8 Å². The number of anilines is 1. The van der Waals surface area contributed by atoms with Crippen molar-refractivity contribution in [2.45, 2.75) is 77.4 Å². The number of para-hydroxylation sites is 1. The lowest BCUT2D eigenvalue weighted by atomic mass is 9.78. The Hall–Kier alpha value is -3.19. The summed E-state index contributed by atoms with van der Waals surface area (Å²) in [7, 11) is 1.69. The maximum atomic E-state index is 13.8. The molecule has 208 valence electrons. The molecule has 0 bridgehead atoms. The van der Waals surface area contributed by atoms with Crippen LogP contribution in [0.1, 0.15) is 59.3 Å². The molecule has 5 rings (SSSR count). The fraction of sp³-hybridized carbons (Fsp3) is 0.531. The molecule has 7 nitrogen and oxygen atoms in total. The van der Waals surface area contributed by atoms with Crippen molar-refractivity contribution < 1.29 is 9.53 Å². The quantitative estimate of drug-likeness (QED) is 0.340. The van der Waals surface area contributed by atoms with Gasteiger partial charge in [0.2, 0.25) is 5.91 Å². The number of ether oxygens (including phenoxy) is 1. The molecule has 2 aromatic carbocycles. The number of hydrogen-bond donors (Lipinski definition) is 2. The van der Waals surface area contributed by atoms with Gasteiger partial charge in [-0.25, -0.2) is 9.97 Å². The molecule has 2 N–H and O–H groups in total. The van der Waals surface area contributed by atoms with Gasteiger partial charge in [-0.1, -0.05) is 51.5 Å². The second-order valence-corrected chi connectivity index (χ2v) is 11.6. The molecule has 7 heteroatoms. The standard InChI is InChI=1S/C32H43N5O2/c1-5-8-23-17-24(33-19-21(2)3)12-14-29(23)37-16-15-28(32(37)38)36-31-26-18-22(11-13-27(26)34-20-35-31)25-9-6-7-10-30(25)39-4/h6-7,9-11,13,18,20-21,23-24,28-29,33H,5,8,12,14-17,19H2,1-4H3,(H,34,35,36)/t23-,24-,28+,29+/m1/s1. The lowest BCUT2D eigenvalue weighted by Crippen LogP contribution is -2.50. The largest absolute Gasteiger partial charge is 0.496 e. The molecule has 0 spiro atoms. The van der Waals surface area contributed by atoms with Crippen molar-refractivity contribution in [2.75, 3.05) is 25.5 Å². The number of hydrogen-bond acceptors (Lipinski definition) is 6. The monoisotopic (exact) mass is 529 g/mol. The predicted octanol–water partition coefficient (Wildman–Crippen LogP) is 5.90. The number of nitrogens with one attached hydrogen (secondary N) is 2. The molecule has 1 aliphatic heterocycles. The molecule has 2 heterocycles. The summed E-state index contributed by atoms with van der Waals surface area (Å²) in [6.07, 6.45) is 8.08. The average molecular weight is 530 g/mol. The number of likely N-dealkylation sites (tertiary alicyclic amines) is 1. The number of carbonyl (C=O) groups is 1. The third-order valence-corrected chi connectivity index (χ3v) is 8.42. The SMILES string of the molecule is CCC[C@@H]1C[C@H](NCC(C)C)CC[C@@H]1N1CC[C@H](Nc2ncnc3ccc(-c4ccccc4OC)cc23)C1=O. The number of amides is 1. The zero-order chi connectivity index (χ0) is 27.4. The van der Waals surface area contributed by atoms with E-state index in [2.05, 4.69) is 64.5 Å². The Labute approximate surface area is 232 Å². The lowest BCUT2D eigenvalue weighted by molar-refractivity contribution is -0.132. The van der Waals surface area contributed by atoms with Gasteiger partial charge in [-0.3, -0.25) is 4.79 Å². The molecule has 3 aromatic rings. The highest BCUT2D eigenvalue weighted by molar-refractivity contribution is 5.95. The lowest BCUT2D eigenvalue weighted by Gasteiger charge is -2.41. The Bertz CT molecular complexity index is 1280. The summed E-state index contributed by atoms with van der Waals surface area (Å²) in [5, 5.41) is 8.20. The van der Waals surface area contributed by atoms with Crippen LogP contribution in [0.15, 0.2) is 48.8 Å². The summed E-state index contributed by atoms with van der Waals surface area (Å²) in [6, 6.07) is 14.8. The number of nitrogens with zero attached hydrogens (tertiary/aromatic N) is 3. The highest BCUT2D eigenvalue weighted by Gasteiger charge is 2.41. The first-order chi connectivity index (χ1) is 19.0. The zero-order valence-electron chi connectivity index (χ0n) is 23.8. The topological polar surface area (TPSA) is 79.4 Å². The fourth-order valence-corrected chi connectivity index (χ4v) is 6.48. The van der Waals surface area contributed by atoms with Crippen LogP contribution in [0, 0.1) is 11.8 Å². The Kier molecular flexibility index (Phi) is 8.66. The molecule has 0 unspecified atom stereocenters. The smallest absolute Gasteiger partial charge is 0.245 e. The molecule has 2 fully saturated rings. The second kappa shape index (κ2) is 12.3. The van der Waals surface area contributed by atoms with E-state index in [4.69, 9.17) is 4.74 Å². The second-order valence-electron chi connectivity index (χ2n) is 11.6. The summed E-state index contributed by atoms with van der Waals surface area (Å²) in [4.78, 5) is 25.0. The van der Waals surface area contributed by atoms with Gasteiger partial charge in [0, 0.05) is 29.6 Å². The van der Waals surface area contributed by atoms with Crippen molar-refractivity contribution in [3.8, 4) is 16.9 Å². The Morgan fingerprint density at radius 2 is 1.95 bits per heavy atom. The van der Waals surface area contributed by atoms with Crippen molar-refractivity contribution in [1.29, 1.82) is 0 Å².